The van der Waals surface area contributed by atoms with Crippen LogP contribution in [0.4, 0.5) is 5.69 Å². The normalized spacial score (nSPS) is 22.9. The third-order valence-corrected chi connectivity index (χ3v) is 3.90. The summed E-state index contributed by atoms with van der Waals surface area (Å²) in [7, 11) is 0. The summed E-state index contributed by atoms with van der Waals surface area (Å²) in [6.45, 7) is 8.18. The van der Waals surface area contributed by atoms with Crippen molar-refractivity contribution < 1.29 is 9.47 Å². The van der Waals surface area contributed by atoms with Gasteiger partial charge in [-0.25, -0.2) is 0 Å². The molecule has 2 N–H and O–H groups in total. The summed E-state index contributed by atoms with van der Waals surface area (Å²) >= 11 is 0. The van der Waals surface area contributed by atoms with Crippen molar-refractivity contribution in [2.24, 2.45) is 5.92 Å². The molecular formula is C17H28N2O2. The molecule has 1 fully saturated rings. The van der Waals surface area contributed by atoms with Crippen molar-refractivity contribution in [3.8, 4) is 11.8 Å². The number of nitrogen functional groups attached to an aromatic ring is 1. The molecule has 0 spiro atoms. The highest BCUT2D eigenvalue weighted by Crippen LogP contribution is 2.32. The zero-order chi connectivity index (χ0) is 15.5. The molecule has 2 rings (SSSR count). The largest absolute Gasteiger partial charge is 0.474 e. The van der Waals surface area contributed by atoms with Gasteiger partial charge in [-0.15, -0.1) is 0 Å². The van der Waals surface area contributed by atoms with Crippen LogP contribution in [0.25, 0.3) is 0 Å². The van der Waals surface area contributed by atoms with E-state index >= 15 is 0 Å². The Bertz CT molecular complexity index is 468. The quantitative estimate of drug-likeness (QED) is 0.904. The average Bonchev–Trinajstić information content (AvgIpc) is 2.41. The summed E-state index contributed by atoms with van der Waals surface area (Å²) in [5.74, 6) is 1.71. The van der Waals surface area contributed by atoms with Crippen LogP contribution >= 0.6 is 0 Å². The maximum atomic E-state index is 6.12. The summed E-state index contributed by atoms with van der Waals surface area (Å²) in [6, 6.07) is 3.65. The Morgan fingerprint density at radius 1 is 1.24 bits per heavy atom. The van der Waals surface area contributed by atoms with Crippen LogP contribution in [-0.2, 0) is 0 Å². The molecule has 2 unspecified atom stereocenters. The number of hydrogen-bond acceptors (Lipinski definition) is 4. The van der Waals surface area contributed by atoms with Gasteiger partial charge in [-0.05, 0) is 58.4 Å². The first-order valence-electron chi connectivity index (χ1n) is 8.01. The monoisotopic (exact) mass is 292 g/mol. The molecule has 1 heterocycles. The number of nitrogens with two attached hydrogens (primary N) is 1. The number of aromatic nitrogens is 1. The molecule has 2 atom stereocenters. The molecule has 1 aromatic rings. The van der Waals surface area contributed by atoms with Crippen molar-refractivity contribution in [2.45, 2.75) is 71.5 Å². The van der Waals surface area contributed by atoms with E-state index in [1.165, 1.54) is 19.3 Å². The van der Waals surface area contributed by atoms with Gasteiger partial charge in [-0.2, -0.15) is 4.98 Å². The molecule has 4 nitrogen and oxygen atoms in total. The fraction of sp³-hybridized carbons (Fsp3) is 0.706. The van der Waals surface area contributed by atoms with Crippen LogP contribution in [0, 0.1) is 5.92 Å². The van der Waals surface area contributed by atoms with E-state index in [9.17, 15) is 0 Å². The Labute approximate surface area is 128 Å². The minimum atomic E-state index is -0.323. The van der Waals surface area contributed by atoms with Gasteiger partial charge < -0.3 is 15.2 Å². The first kappa shape index (κ1) is 15.9. The van der Waals surface area contributed by atoms with Gasteiger partial charge in [0.25, 0.3) is 0 Å². The lowest BCUT2D eigenvalue weighted by Crippen LogP contribution is -2.30. The van der Waals surface area contributed by atoms with E-state index in [4.69, 9.17) is 15.2 Å². The summed E-state index contributed by atoms with van der Waals surface area (Å²) < 4.78 is 11.9. The topological polar surface area (TPSA) is 57.4 Å². The fourth-order valence-corrected chi connectivity index (χ4v) is 2.82. The van der Waals surface area contributed by atoms with Gasteiger partial charge in [0.15, 0.2) is 0 Å². The molecule has 118 valence electrons. The number of hydrogen-bond donors (Lipinski definition) is 1. The van der Waals surface area contributed by atoms with E-state index in [1.807, 2.05) is 32.9 Å². The second kappa shape index (κ2) is 6.54. The predicted octanol–water partition coefficient (Wildman–Crippen LogP) is 4.19. The Morgan fingerprint density at radius 2 is 1.95 bits per heavy atom. The number of rotatable bonds is 4. The third-order valence-electron chi connectivity index (χ3n) is 3.90. The molecule has 4 heteroatoms. The van der Waals surface area contributed by atoms with Crippen molar-refractivity contribution in [1.29, 1.82) is 0 Å². The van der Waals surface area contributed by atoms with E-state index in [1.54, 1.807) is 0 Å². The highest BCUT2D eigenvalue weighted by atomic mass is 16.5. The van der Waals surface area contributed by atoms with E-state index < -0.39 is 0 Å². The smallest absolute Gasteiger partial charge is 0.241 e. The van der Waals surface area contributed by atoms with Gasteiger partial charge in [0.1, 0.15) is 11.7 Å². The van der Waals surface area contributed by atoms with Gasteiger partial charge in [-0.1, -0.05) is 13.3 Å². The molecule has 0 saturated heterocycles. The Balaban J connectivity index is 2.11. The molecule has 1 saturated carbocycles. The molecule has 1 aromatic heterocycles. The number of pyridine rings is 1. The van der Waals surface area contributed by atoms with Crippen molar-refractivity contribution in [2.75, 3.05) is 5.73 Å². The molecule has 0 amide bonds. The van der Waals surface area contributed by atoms with E-state index in [0.29, 0.717) is 23.4 Å². The van der Waals surface area contributed by atoms with Gasteiger partial charge in [-0.3, -0.25) is 0 Å². The lowest BCUT2D eigenvalue weighted by molar-refractivity contribution is 0.0820. The molecule has 1 aliphatic carbocycles. The van der Waals surface area contributed by atoms with E-state index in [-0.39, 0.29) is 11.7 Å². The highest BCUT2D eigenvalue weighted by Gasteiger charge is 2.26. The van der Waals surface area contributed by atoms with Crippen molar-refractivity contribution in [3.05, 3.63) is 12.1 Å². The zero-order valence-electron chi connectivity index (χ0n) is 13.7. The maximum absolute atomic E-state index is 6.12. The van der Waals surface area contributed by atoms with Crippen LogP contribution in [-0.4, -0.2) is 16.7 Å². The van der Waals surface area contributed by atoms with Crippen LogP contribution in [0.5, 0.6) is 11.8 Å². The van der Waals surface area contributed by atoms with Crippen molar-refractivity contribution >= 4 is 5.69 Å². The lowest BCUT2D eigenvalue weighted by atomic mass is 9.85. The molecule has 21 heavy (non-hydrogen) atoms. The average molecular weight is 292 g/mol. The minimum Gasteiger partial charge on any atom is -0.474 e. The Morgan fingerprint density at radius 3 is 2.62 bits per heavy atom. The van der Waals surface area contributed by atoms with Crippen LogP contribution in [0.1, 0.15) is 59.8 Å². The maximum Gasteiger partial charge on any atom is 0.241 e. The molecule has 0 aliphatic heterocycles. The van der Waals surface area contributed by atoms with Gasteiger partial charge in [0.05, 0.1) is 5.69 Å². The summed E-state index contributed by atoms with van der Waals surface area (Å²) in [6.07, 6.45) is 6.34. The first-order valence-corrected chi connectivity index (χ1v) is 8.01. The van der Waals surface area contributed by atoms with Gasteiger partial charge >= 0.3 is 0 Å². The summed E-state index contributed by atoms with van der Waals surface area (Å²) in [5.41, 5.74) is 6.17. The fourth-order valence-electron chi connectivity index (χ4n) is 2.82. The zero-order valence-corrected chi connectivity index (χ0v) is 13.7. The van der Waals surface area contributed by atoms with Crippen molar-refractivity contribution in [1.82, 2.24) is 4.98 Å². The molecule has 1 aliphatic rings. The Hall–Kier alpha value is -1.45. The SMILES string of the molecule is CCC1CCCCC1Oc1ccc(N)c(OC(C)(C)C)n1. The van der Waals surface area contributed by atoms with Crippen LogP contribution in [0.2, 0.25) is 0 Å². The van der Waals surface area contributed by atoms with Gasteiger partial charge in [0, 0.05) is 6.07 Å². The first-order chi connectivity index (χ1) is 9.89. The van der Waals surface area contributed by atoms with E-state index in [0.717, 1.165) is 12.8 Å². The van der Waals surface area contributed by atoms with Crippen LogP contribution in [0.15, 0.2) is 12.1 Å². The summed E-state index contributed by atoms with van der Waals surface area (Å²) in [5, 5.41) is 0. The minimum absolute atomic E-state index is 0.266. The number of nitrogens with zero attached hydrogens (tertiary/aromatic N) is 1. The molecule has 0 radical (unpaired) electrons. The van der Waals surface area contributed by atoms with Crippen LogP contribution < -0.4 is 15.2 Å². The number of ether oxygens (including phenoxy) is 2. The predicted molar refractivity (Wildman–Crippen MR) is 85.7 cm³/mol. The molecule has 0 bridgehead atoms. The highest BCUT2D eigenvalue weighted by molar-refractivity contribution is 5.49. The van der Waals surface area contributed by atoms with E-state index in [2.05, 4.69) is 11.9 Å². The van der Waals surface area contributed by atoms with Crippen LogP contribution in [0.3, 0.4) is 0 Å². The van der Waals surface area contributed by atoms with Gasteiger partial charge in [0.2, 0.25) is 11.8 Å². The second-order valence-corrected chi connectivity index (χ2v) is 6.87. The standard InChI is InChI=1S/C17H28N2O2/c1-5-12-8-6-7-9-14(12)20-15-11-10-13(18)16(19-15)21-17(2,3)4/h10-12,14H,5-9,18H2,1-4H3. The summed E-state index contributed by atoms with van der Waals surface area (Å²) in [4.78, 5) is 4.45. The second-order valence-electron chi connectivity index (χ2n) is 6.87. The number of anilines is 1. The third kappa shape index (κ3) is 4.51. The molecular weight excluding hydrogens is 264 g/mol. The van der Waals surface area contributed by atoms with Crippen molar-refractivity contribution in [3.63, 3.8) is 0 Å². The Kier molecular flexibility index (Phi) is 4.96. The molecule has 0 aromatic carbocycles. The lowest BCUT2D eigenvalue weighted by Gasteiger charge is -2.31.